The van der Waals surface area contributed by atoms with Crippen LogP contribution in [0.25, 0.3) is 11.4 Å². The number of halogens is 3. The van der Waals surface area contributed by atoms with Crippen LogP contribution in [0.3, 0.4) is 0 Å². The number of nitrogens with one attached hydrogen (secondary N) is 1. The predicted molar refractivity (Wildman–Crippen MR) is 139 cm³/mol. The monoisotopic (exact) mass is 556 g/mol. The third-order valence-electron chi connectivity index (χ3n) is 6.99. The third kappa shape index (κ3) is 5.26. The molecule has 1 N–H and O–H groups in total. The number of amides is 2. The number of rotatable bonds is 5. The molecular weight excluding hydrogens is 529 g/mol. The number of hydrogen-bond donors (Lipinski definition) is 1. The van der Waals surface area contributed by atoms with Crippen molar-refractivity contribution in [1.82, 2.24) is 15.0 Å². The molecule has 2 aromatic heterocycles. The van der Waals surface area contributed by atoms with Gasteiger partial charge in [0.25, 0.3) is 0 Å². The van der Waals surface area contributed by atoms with Gasteiger partial charge in [-0.1, -0.05) is 12.1 Å². The topological polar surface area (TPSA) is 102 Å². The number of fused-ring (bicyclic) bond motifs is 4. The summed E-state index contributed by atoms with van der Waals surface area (Å²) in [6.07, 6.45) is -0.927. The van der Waals surface area contributed by atoms with Crippen LogP contribution in [0, 0.1) is 0 Å². The second-order valence-corrected chi connectivity index (χ2v) is 10.3. The summed E-state index contributed by atoms with van der Waals surface area (Å²) >= 11 is 0. The fraction of sp³-hybridized carbons (Fsp3) is 0.407. The largest absolute Gasteiger partial charge is 0.475 e. The van der Waals surface area contributed by atoms with Gasteiger partial charge in [-0.05, 0) is 38.5 Å². The van der Waals surface area contributed by atoms with E-state index >= 15 is 0 Å². The Morgan fingerprint density at radius 2 is 2.05 bits per heavy atom. The van der Waals surface area contributed by atoms with Crippen LogP contribution in [0.4, 0.5) is 35.2 Å². The number of nitrogens with zero attached hydrogens (tertiary/aromatic N) is 5. The predicted octanol–water partition coefficient (Wildman–Crippen LogP) is 4.72. The smallest absolute Gasteiger partial charge is 0.416 e. The van der Waals surface area contributed by atoms with E-state index in [0.29, 0.717) is 42.8 Å². The lowest BCUT2D eigenvalue weighted by Gasteiger charge is -2.35. The van der Waals surface area contributed by atoms with Crippen LogP contribution in [0.15, 0.2) is 48.8 Å². The van der Waals surface area contributed by atoms with E-state index in [1.165, 1.54) is 18.3 Å². The molecule has 3 aliphatic heterocycles. The third-order valence-corrected chi connectivity index (χ3v) is 6.99. The van der Waals surface area contributed by atoms with E-state index in [9.17, 15) is 18.0 Å². The van der Waals surface area contributed by atoms with Gasteiger partial charge in [0, 0.05) is 24.7 Å². The van der Waals surface area contributed by atoms with Crippen LogP contribution in [0.2, 0.25) is 0 Å². The van der Waals surface area contributed by atoms with Crippen molar-refractivity contribution in [3.8, 4) is 17.3 Å². The molecule has 210 valence electrons. The first-order chi connectivity index (χ1) is 19.1. The fourth-order valence-electron chi connectivity index (χ4n) is 5.09. The number of anilines is 3. The van der Waals surface area contributed by atoms with E-state index in [-0.39, 0.29) is 30.1 Å². The second-order valence-electron chi connectivity index (χ2n) is 10.3. The van der Waals surface area contributed by atoms with E-state index in [4.69, 9.17) is 14.2 Å². The molecule has 1 aromatic carbocycles. The number of carbonyl (C=O) groups excluding carboxylic acids is 1. The number of hydrogen-bond acceptors (Lipinski definition) is 8. The number of pyridine rings is 1. The summed E-state index contributed by atoms with van der Waals surface area (Å²) in [7, 11) is 0. The molecule has 0 radical (unpaired) electrons. The van der Waals surface area contributed by atoms with Gasteiger partial charge >= 0.3 is 12.2 Å². The maximum absolute atomic E-state index is 13.5. The lowest BCUT2D eigenvalue weighted by Crippen LogP contribution is -2.48. The summed E-state index contributed by atoms with van der Waals surface area (Å²) in [5, 5.41) is 2.86. The molecule has 0 aliphatic carbocycles. The molecule has 2 saturated heterocycles. The molecular formula is C27H27F3N6O4. The average molecular weight is 557 g/mol. The van der Waals surface area contributed by atoms with Crippen molar-refractivity contribution in [2.75, 3.05) is 41.4 Å². The van der Waals surface area contributed by atoms with Crippen LogP contribution in [-0.4, -0.2) is 65.2 Å². The Morgan fingerprint density at radius 1 is 1.20 bits per heavy atom. The molecule has 10 nitrogen and oxygen atoms in total. The number of aromatic nitrogens is 3. The molecule has 2 amide bonds. The fourth-order valence-corrected chi connectivity index (χ4v) is 5.09. The molecule has 40 heavy (non-hydrogen) atoms. The molecule has 0 unspecified atom stereocenters. The standard InChI is InChI=1S/C27H27F3N6O4/c1-26(2)39-15-20(40-26)14-38-22-7-6-18(11-31-22)33-25(37)36-19-8-9-35(13-19)21-12-32-23(34-24(21)36)16-4-3-5-17(10-16)27(28,29)30/h3-7,10-12,19-20H,8-9,13-15H2,1-2H3,(H,33,37)/t19-,20-/m0/s1. The molecule has 2 fully saturated rings. The molecule has 6 rings (SSSR count). The molecule has 3 aromatic rings. The van der Waals surface area contributed by atoms with E-state index in [0.717, 1.165) is 18.6 Å². The number of ether oxygens (including phenoxy) is 3. The van der Waals surface area contributed by atoms with E-state index in [2.05, 4.69) is 25.2 Å². The molecule has 3 aliphatic rings. The normalized spacial score (nSPS) is 21.3. The summed E-state index contributed by atoms with van der Waals surface area (Å²) in [5.74, 6) is 0.189. The quantitative estimate of drug-likeness (QED) is 0.482. The van der Waals surface area contributed by atoms with Crippen molar-refractivity contribution in [2.24, 2.45) is 0 Å². The minimum Gasteiger partial charge on any atom is -0.475 e. The molecule has 13 heteroatoms. The zero-order chi connectivity index (χ0) is 28.1. The zero-order valence-corrected chi connectivity index (χ0v) is 21.8. The first-order valence-corrected chi connectivity index (χ1v) is 12.9. The van der Waals surface area contributed by atoms with Gasteiger partial charge < -0.3 is 24.4 Å². The maximum atomic E-state index is 13.5. The van der Waals surface area contributed by atoms with Crippen molar-refractivity contribution < 1.29 is 32.2 Å². The summed E-state index contributed by atoms with van der Waals surface area (Å²) in [6.45, 7) is 5.71. The van der Waals surface area contributed by atoms with Crippen molar-refractivity contribution in [3.63, 3.8) is 0 Å². The number of carbonyl (C=O) groups is 1. The van der Waals surface area contributed by atoms with E-state index in [1.807, 2.05) is 13.8 Å². The van der Waals surface area contributed by atoms with Crippen LogP contribution in [0.1, 0.15) is 25.8 Å². The summed E-state index contributed by atoms with van der Waals surface area (Å²) < 4.78 is 56.8. The van der Waals surface area contributed by atoms with Gasteiger partial charge in [0.15, 0.2) is 17.4 Å². The summed E-state index contributed by atoms with van der Waals surface area (Å²) in [4.78, 5) is 30.3. The zero-order valence-electron chi connectivity index (χ0n) is 21.8. The summed E-state index contributed by atoms with van der Waals surface area (Å²) in [5.41, 5.74) is 0.525. The highest BCUT2D eigenvalue weighted by Gasteiger charge is 2.41. The van der Waals surface area contributed by atoms with Gasteiger partial charge in [-0.25, -0.2) is 19.7 Å². The Hall–Kier alpha value is -3.97. The first kappa shape index (κ1) is 26.3. The van der Waals surface area contributed by atoms with Crippen molar-refractivity contribution >= 4 is 23.2 Å². The highest BCUT2D eigenvalue weighted by atomic mass is 19.4. The molecule has 5 heterocycles. The van der Waals surface area contributed by atoms with Gasteiger partial charge in [0.05, 0.1) is 42.0 Å². The van der Waals surface area contributed by atoms with Gasteiger partial charge in [-0.3, -0.25) is 4.90 Å². The van der Waals surface area contributed by atoms with Crippen molar-refractivity contribution in [2.45, 2.75) is 44.4 Å². The lowest BCUT2D eigenvalue weighted by molar-refractivity contribution is -0.141. The van der Waals surface area contributed by atoms with Crippen molar-refractivity contribution in [3.05, 3.63) is 54.4 Å². The second kappa shape index (κ2) is 9.89. The molecule has 2 atom stereocenters. The van der Waals surface area contributed by atoms with Gasteiger partial charge in [0.2, 0.25) is 5.88 Å². The van der Waals surface area contributed by atoms with Crippen LogP contribution >= 0.6 is 0 Å². The Bertz CT molecular complexity index is 1420. The molecule has 0 spiro atoms. The van der Waals surface area contributed by atoms with E-state index in [1.54, 1.807) is 23.2 Å². The van der Waals surface area contributed by atoms with Crippen LogP contribution in [0.5, 0.6) is 5.88 Å². The Kier molecular flexibility index (Phi) is 6.50. The Morgan fingerprint density at radius 3 is 2.77 bits per heavy atom. The minimum absolute atomic E-state index is 0.105. The number of urea groups is 1. The molecule has 0 saturated carbocycles. The van der Waals surface area contributed by atoms with Gasteiger partial charge in [-0.15, -0.1) is 0 Å². The minimum atomic E-state index is -4.49. The van der Waals surface area contributed by atoms with E-state index < -0.39 is 23.6 Å². The SMILES string of the molecule is CC1(C)OC[C@H](COc2ccc(NC(=O)N3c4nc(-c5cccc(C(F)(F)F)c5)ncc4N4CC[C@H]3C4)cn2)O1. The molecule has 2 bridgehead atoms. The van der Waals surface area contributed by atoms with Gasteiger partial charge in [-0.2, -0.15) is 13.2 Å². The highest BCUT2D eigenvalue weighted by Crippen LogP contribution is 2.40. The summed E-state index contributed by atoms with van der Waals surface area (Å²) in [6, 6.07) is 7.58. The lowest BCUT2D eigenvalue weighted by atomic mass is 10.1. The Balaban J connectivity index is 1.19. The first-order valence-electron chi connectivity index (χ1n) is 12.9. The average Bonchev–Trinajstić information content (AvgIpc) is 3.50. The van der Waals surface area contributed by atoms with Crippen LogP contribution < -0.4 is 19.9 Å². The maximum Gasteiger partial charge on any atom is 0.416 e. The highest BCUT2D eigenvalue weighted by molar-refractivity contribution is 6.04. The number of alkyl halides is 3. The number of benzene rings is 1. The Labute approximate surface area is 228 Å². The van der Waals surface area contributed by atoms with Crippen LogP contribution in [-0.2, 0) is 15.7 Å². The van der Waals surface area contributed by atoms with Gasteiger partial charge in [0.1, 0.15) is 12.7 Å². The van der Waals surface area contributed by atoms with Crippen molar-refractivity contribution in [1.29, 1.82) is 0 Å².